The first-order chi connectivity index (χ1) is 19.8. The third-order valence-corrected chi connectivity index (χ3v) is 9.55. The molecule has 3 aliphatic rings. The molecule has 7 nitrogen and oxygen atoms in total. The minimum Gasteiger partial charge on any atom is -0.490 e. The number of nitrogens with zero attached hydrogens (tertiary/aromatic N) is 1. The average molecular weight is 592 g/mol. The van der Waals surface area contributed by atoms with Crippen LogP contribution in [0.3, 0.4) is 0 Å². The van der Waals surface area contributed by atoms with Gasteiger partial charge in [-0.05, 0) is 66.8 Å². The molecule has 0 unspecified atom stereocenters. The standard InChI is InChI=1S/C34H41NO6S/c1-7-16-35-24-18-33(3,4)20-26(36)31(24)30(32-25(35)19-34(5,6)21-27(32)37)22-14-15-28(29(17-22)40-8-2)41-42(38,39)23-12-10-9-11-13-23/h9-15,17,30H,7-8,16,18-21H2,1-6H3. The summed E-state index contributed by atoms with van der Waals surface area (Å²) in [6.45, 7) is 13.5. The Labute approximate surface area is 249 Å². The van der Waals surface area contributed by atoms with E-state index in [1.165, 1.54) is 12.1 Å². The first-order valence-electron chi connectivity index (χ1n) is 14.8. The highest BCUT2D eigenvalue weighted by molar-refractivity contribution is 7.87. The Morgan fingerprint density at radius 3 is 1.90 bits per heavy atom. The predicted octanol–water partition coefficient (Wildman–Crippen LogP) is 6.95. The summed E-state index contributed by atoms with van der Waals surface area (Å²) in [5, 5.41) is 0. The Morgan fingerprint density at radius 1 is 0.810 bits per heavy atom. The van der Waals surface area contributed by atoms with Crippen molar-refractivity contribution in [1.29, 1.82) is 0 Å². The number of ketones is 2. The third-order valence-electron chi connectivity index (χ3n) is 8.30. The van der Waals surface area contributed by atoms with E-state index in [1.54, 1.807) is 36.4 Å². The van der Waals surface area contributed by atoms with E-state index in [-0.39, 0.29) is 45.4 Å². The Bertz CT molecular complexity index is 1530. The molecule has 0 aromatic heterocycles. The zero-order valence-electron chi connectivity index (χ0n) is 25.5. The third kappa shape index (κ3) is 5.65. The average Bonchev–Trinajstić information content (AvgIpc) is 2.90. The fourth-order valence-electron chi connectivity index (χ4n) is 6.67. The summed E-state index contributed by atoms with van der Waals surface area (Å²) in [4.78, 5) is 30.2. The molecule has 8 heteroatoms. The van der Waals surface area contributed by atoms with Crippen LogP contribution in [0.25, 0.3) is 0 Å². The molecule has 1 heterocycles. The lowest BCUT2D eigenvalue weighted by atomic mass is 9.63. The highest BCUT2D eigenvalue weighted by atomic mass is 32.2. The van der Waals surface area contributed by atoms with Crippen LogP contribution in [0, 0.1) is 10.8 Å². The van der Waals surface area contributed by atoms with Crippen molar-refractivity contribution in [3.63, 3.8) is 0 Å². The Hall–Kier alpha value is -3.39. The van der Waals surface area contributed by atoms with Gasteiger partial charge in [-0.1, -0.05) is 58.9 Å². The van der Waals surface area contributed by atoms with Gasteiger partial charge in [-0.2, -0.15) is 8.42 Å². The van der Waals surface area contributed by atoms with E-state index in [0.29, 0.717) is 24.0 Å². The lowest BCUT2D eigenvalue weighted by Crippen LogP contribution is -2.44. The van der Waals surface area contributed by atoms with E-state index >= 15 is 0 Å². The van der Waals surface area contributed by atoms with Gasteiger partial charge >= 0.3 is 10.1 Å². The van der Waals surface area contributed by atoms with Crippen molar-refractivity contribution in [2.45, 2.75) is 84.5 Å². The largest absolute Gasteiger partial charge is 0.490 e. The zero-order valence-corrected chi connectivity index (χ0v) is 26.3. The molecule has 0 bridgehead atoms. The minimum atomic E-state index is -4.10. The summed E-state index contributed by atoms with van der Waals surface area (Å²) >= 11 is 0. The lowest BCUT2D eigenvalue weighted by Gasteiger charge is -2.49. The van der Waals surface area contributed by atoms with Crippen LogP contribution >= 0.6 is 0 Å². The molecule has 0 saturated carbocycles. The summed E-state index contributed by atoms with van der Waals surface area (Å²) in [6.07, 6.45) is 3.17. The molecule has 2 aliphatic carbocycles. The molecule has 0 amide bonds. The SMILES string of the molecule is CCCN1C2=C(C(=O)CC(C)(C)C2)C(c2ccc(OS(=O)(=O)c3ccccc3)c(OCC)c2)C2=C1CC(C)(C)CC2=O. The second-order valence-electron chi connectivity index (χ2n) is 13.2. The topological polar surface area (TPSA) is 90.0 Å². The molecule has 0 fully saturated rings. The number of carbonyl (C=O) groups is 2. The Balaban J connectivity index is 1.68. The number of rotatable bonds is 8. The number of hydrogen-bond donors (Lipinski definition) is 0. The van der Waals surface area contributed by atoms with Gasteiger partial charge in [0.15, 0.2) is 23.1 Å². The van der Waals surface area contributed by atoms with Crippen molar-refractivity contribution in [2.75, 3.05) is 13.2 Å². The first-order valence-corrected chi connectivity index (χ1v) is 16.2. The molecule has 0 spiro atoms. The molecular weight excluding hydrogens is 550 g/mol. The van der Waals surface area contributed by atoms with Crippen LogP contribution in [0.1, 0.15) is 85.1 Å². The van der Waals surface area contributed by atoms with E-state index in [0.717, 1.165) is 42.8 Å². The van der Waals surface area contributed by atoms with Crippen molar-refractivity contribution in [3.05, 3.63) is 76.6 Å². The molecule has 2 aromatic rings. The van der Waals surface area contributed by atoms with E-state index in [1.807, 2.05) is 6.92 Å². The van der Waals surface area contributed by atoms with Gasteiger partial charge in [-0.25, -0.2) is 0 Å². The maximum Gasteiger partial charge on any atom is 0.339 e. The van der Waals surface area contributed by atoms with Crippen LogP contribution in [-0.2, 0) is 19.7 Å². The molecule has 224 valence electrons. The van der Waals surface area contributed by atoms with Gasteiger partial charge in [0, 0.05) is 47.8 Å². The van der Waals surface area contributed by atoms with Gasteiger partial charge in [0.2, 0.25) is 0 Å². The van der Waals surface area contributed by atoms with Gasteiger partial charge in [-0.3, -0.25) is 9.59 Å². The van der Waals surface area contributed by atoms with E-state index in [4.69, 9.17) is 8.92 Å². The lowest BCUT2D eigenvalue weighted by molar-refractivity contribution is -0.119. The van der Waals surface area contributed by atoms with Crippen LogP contribution in [0.15, 0.2) is 76.0 Å². The fraction of sp³-hybridized carbons (Fsp3) is 0.471. The summed E-state index contributed by atoms with van der Waals surface area (Å²) < 4.78 is 37.5. The summed E-state index contributed by atoms with van der Waals surface area (Å²) in [6, 6.07) is 13.0. The zero-order chi connectivity index (χ0) is 30.4. The summed E-state index contributed by atoms with van der Waals surface area (Å²) in [7, 11) is -4.10. The highest BCUT2D eigenvalue weighted by Crippen LogP contribution is 2.55. The van der Waals surface area contributed by atoms with Gasteiger partial charge in [0.1, 0.15) is 4.90 Å². The van der Waals surface area contributed by atoms with Gasteiger partial charge in [-0.15, -0.1) is 0 Å². The number of hydrogen-bond acceptors (Lipinski definition) is 7. The smallest absolute Gasteiger partial charge is 0.339 e. The molecule has 2 aromatic carbocycles. The van der Waals surface area contributed by atoms with Gasteiger partial charge < -0.3 is 13.8 Å². The molecule has 42 heavy (non-hydrogen) atoms. The maximum absolute atomic E-state index is 14.0. The predicted molar refractivity (Wildman–Crippen MR) is 162 cm³/mol. The van der Waals surface area contributed by atoms with Crippen molar-refractivity contribution >= 4 is 21.7 Å². The summed E-state index contributed by atoms with van der Waals surface area (Å²) in [5.41, 5.74) is 3.72. The van der Waals surface area contributed by atoms with E-state index < -0.39 is 16.0 Å². The van der Waals surface area contributed by atoms with E-state index in [9.17, 15) is 18.0 Å². The van der Waals surface area contributed by atoms with Crippen molar-refractivity contribution < 1.29 is 26.9 Å². The molecule has 0 atom stereocenters. The Kier molecular flexibility index (Phi) is 7.90. The van der Waals surface area contributed by atoms with Crippen LogP contribution in [-0.4, -0.2) is 38.0 Å². The fourth-order valence-corrected chi connectivity index (χ4v) is 7.63. The molecule has 1 aliphatic heterocycles. The van der Waals surface area contributed by atoms with Gasteiger partial charge in [0.05, 0.1) is 6.61 Å². The number of Topliss-reactive ketones (excluding diaryl/α,β-unsaturated/α-hetero) is 2. The monoisotopic (exact) mass is 591 g/mol. The highest BCUT2D eigenvalue weighted by Gasteiger charge is 2.49. The van der Waals surface area contributed by atoms with Crippen LogP contribution in [0.5, 0.6) is 11.5 Å². The minimum absolute atomic E-state index is 0.0373. The normalized spacial score (nSPS) is 20.4. The van der Waals surface area contributed by atoms with Crippen molar-refractivity contribution in [3.8, 4) is 11.5 Å². The number of ether oxygens (including phenoxy) is 1. The van der Waals surface area contributed by atoms with Gasteiger partial charge in [0.25, 0.3) is 0 Å². The molecule has 0 N–H and O–H groups in total. The van der Waals surface area contributed by atoms with Crippen LogP contribution in [0.4, 0.5) is 0 Å². The molecular formula is C34H41NO6S. The first kappa shape index (κ1) is 30.1. The van der Waals surface area contributed by atoms with Crippen molar-refractivity contribution in [2.24, 2.45) is 10.8 Å². The second kappa shape index (κ2) is 11.0. The van der Waals surface area contributed by atoms with E-state index in [2.05, 4.69) is 39.5 Å². The quantitative estimate of drug-likeness (QED) is 0.307. The van der Waals surface area contributed by atoms with Crippen molar-refractivity contribution in [1.82, 2.24) is 4.90 Å². The van der Waals surface area contributed by atoms with Crippen LogP contribution < -0.4 is 8.92 Å². The number of benzene rings is 2. The molecule has 0 saturated heterocycles. The second-order valence-corrected chi connectivity index (χ2v) is 14.7. The Morgan fingerprint density at radius 2 is 1.38 bits per heavy atom. The molecule has 5 rings (SSSR count). The number of allylic oxidation sites excluding steroid dienone is 4. The summed E-state index contributed by atoms with van der Waals surface area (Å²) in [5.74, 6) is -0.122. The number of carbonyl (C=O) groups excluding carboxylic acids is 2. The maximum atomic E-state index is 14.0. The van der Waals surface area contributed by atoms with Crippen LogP contribution in [0.2, 0.25) is 0 Å². The molecule has 0 radical (unpaired) electrons.